The summed E-state index contributed by atoms with van der Waals surface area (Å²) in [7, 11) is 4.91. The lowest BCUT2D eigenvalue weighted by molar-refractivity contribution is 0.0567. The molecular formula is C14H13Cl2NO3. The van der Waals surface area contributed by atoms with E-state index in [1.807, 2.05) is 0 Å². The Hall–Kier alpha value is -1.65. The number of carbonyl (C=O) groups is 1. The van der Waals surface area contributed by atoms with Gasteiger partial charge >= 0.3 is 5.97 Å². The number of furan rings is 1. The van der Waals surface area contributed by atoms with Crippen molar-refractivity contribution >= 4 is 34.9 Å². The van der Waals surface area contributed by atoms with Gasteiger partial charge in [-0.25, -0.2) is 4.79 Å². The van der Waals surface area contributed by atoms with Crippen LogP contribution in [0.3, 0.4) is 0 Å². The second-order valence-corrected chi connectivity index (χ2v) is 5.18. The molecule has 0 atom stereocenters. The summed E-state index contributed by atoms with van der Waals surface area (Å²) >= 11 is 12.1. The number of halogens is 2. The van der Waals surface area contributed by atoms with Gasteiger partial charge in [-0.05, 0) is 18.2 Å². The number of anilines is 1. The zero-order valence-corrected chi connectivity index (χ0v) is 12.7. The van der Waals surface area contributed by atoms with E-state index in [1.54, 1.807) is 43.3 Å². The zero-order valence-electron chi connectivity index (χ0n) is 11.2. The maximum Gasteiger partial charge on any atom is 0.376 e. The lowest BCUT2D eigenvalue weighted by atomic mass is 10.1. The van der Waals surface area contributed by atoms with Crippen molar-refractivity contribution in [3.8, 4) is 11.3 Å². The summed E-state index contributed by atoms with van der Waals surface area (Å²) in [5.41, 5.74) is 1.24. The van der Waals surface area contributed by atoms with Gasteiger partial charge in [0.05, 0.1) is 17.8 Å². The van der Waals surface area contributed by atoms with Crippen molar-refractivity contribution in [1.82, 2.24) is 0 Å². The van der Waals surface area contributed by atoms with Crippen molar-refractivity contribution in [1.29, 1.82) is 0 Å². The SMILES string of the molecule is COC(=O)c1oc(-c2cc(Cl)ccc2Cl)cc1N(C)C. The smallest absolute Gasteiger partial charge is 0.376 e. The summed E-state index contributed by atoms with van der Waals surface area (Å²) in [6, 6.07) is 6.77. The molecule has 0 aliphatic rings. The molecule has 0 spiro atoms. The van der Waals surface area contributed by atoms with E-state index in [-0.39, 0.29) is 5.76 Å². The van der Waals surface area contributed by atoms with Gasteiger partial charge in [0.15, 0.2) is 0 Å². The first-order valence-corrected chi connectivity index (χ1v) is 6.54. The fourth-order valence-corrected chi connectivity index (χ4v) is 2.15. The third-order valence-electron chi connectivity index (χ3n) is 2.76. The summed E-state index contributed by atoms with van der Waals surface area (Å²) in [6.45, 7) is 0. The van der Waals surface area contributed by atoms with Gasteiger partial charge < -0.3 is 14.1 Å². The minimum absolute atomic E-state index is 0.128. The number of hydrogen-bond donors (Lipinski definition) is 0. The molecule has 0 bridgehead atoms. The van der Waals surface area contributed by atoms with E-state index in [2.05, 4.69) is 0 Å². The van der Waals surface area contributed by atoms with Crippen molar-refractivity contribution in [2.24, 2.45) is 0 Å². The molecule has 0 saturated heterocycles. The highest BCUT2D eigenvalue weighted by atomic mass is 35.5. The number of rotatable bonds is 3. The van der Waals surface area contributed by atoms with Gasteiger partial charge in [0.1, 0.15) is 5.76 Å². The Balaban J connectivity index is 2.58. The van der Waals surface area contributed by atoms with Crippen LogP contribution in [0.25, 0.3) is 11.3 Å². The molecule has 20 heavy (non-hydrogen) atoms. The van der Waals surface area contributed by atoms with Gasteiger partial charge in [-0.15, -0.1) is 0 Å². The highest BCUT2D eigenvalue weighted by Crippen LogP contribution is 2.36. The minimum Gasteiger partial charge on any atom is -0.463 e. The molecule has 2 rings (SSSR count). The maximum atomic E-state index is 11.7. The molecule has 0 amide bonds. The lowest BCUT2D eigenvalue weighted by Crippen LogP contribution is -2.12. The molecular weight excluding hydrogens is 301 g/mol. The zero-order chi connectivity index (χ0) is 14.9. The quantitative estimate of drug-likeness (QED) is 0.800. The predicted molar refractivity (Wildman–Crippen MR) is 79.8 cm³/mol. The largest absolute Gasteiger partial charge is 0.463 e. The number of ether oxygens (including phenoxy) is 1. The van der Waals surface area contributed by atoms with E-state index >= 15 is 0 Å². The number of benzene rings is 1. The summed E-state index contributed by atoms with van der Waals surface area (Å²) in [5, 5.41) is 1.02. The van der Waals surface area contributed by atoms with Crippen molar-refractivity contribution in [3.63, 3.8) is 0 Å². The summed E-state index contributed by atoms with van der Waals surface area (Å²) in [4.78, 5) is 13.5. The van der Waals surface area contributed by atoms with Crippen molar-refractivity contribution in [2.45, 2.75) is 0 Å². The summed E-state index contributed by atoms with van der Waals surface area (Å²) in [5.74, 6) is 0.0447. The molecule has 0 unspecified atom stereocenters. The highest BCUT2D eigenvalue weighted by Gasteiger charge is 2.22. The molecule has 0 saturated carbocycles. The monoisotopic (exact) mass is 313 g/mol. The first-order chi connectivity index (χ1) is 9.43. The van der Waals surface area contributed by atoms with Crippen LogP contribution in [-0.4, -0.2) is 27.2 Å². The van der Waals surface area contributed by atoms with Crippen LogP contribution in [0.15, 0.2) is 28.7 Å². The standard InChI is InChI=1S/C14H13Cl2NO3/c1-17(2)11-7-12(20-13(11)14(18)19-3)9-6-8(15)4-5-10(9)16/h4-7H,1-3H3. The Morgan fingerprint density at radius 2 is 1.95 bits per heavy atom. The fraction of sp³-hybridized carbons (Fsp3) is 0.214. The molecule has 1 aromatic heterocycles. The van der Waals surface area contributed by atoms with Gasteiger partial charge in [-0.1, -0.05) is 23.2 Å². The number of nitrogens with zero attached hydrogens (tertiary/aromatic N) is 1. The number of carbonyl (C=O) groups excluding carboxylic acids is 1. The Morgan fingerprint density at radius 3 is 2.55 bits per heavy atom. The molecule has 0 N–H and O–H groups in total. The van der Waals surface area contributed by atoms with Gasteiger partial charge in [0, 0.05) is 30.7 Å². The molecule has 0 fully saturated rings. The van der Waals surface area contributed by atoms with E-state index in [1.165, 1.54) is 7.11 Å². The summed E-state index contributed by atoms with van der Waals surface area (Å²) in [6.07, 6.45) is 0. The molecule has 1 heterocycles. The first-order valence-electron chi connectivity index (χ1n) is 5.79. The molecule has 6 heteroatoms. The minimum atomic E-state index is -0.543. The summed E-state index contributed by atoms with van der Waals surface area (Å²) < 4.78 is 10.3. The van der Waals surface area contributed by atoms with Crippen LogP contribution >= 0.6 is 23.2 Å². The van der Waals surface area contributed by atoms with E-state index in [4.69, 9.17) is 32.4 Å². The van der Waals surface area contributed by atoms with Crippen LogP contribution in [-0.2, 0) is 4.74 Å². The topological polar surface area (TPSA) is 42.7 Å². The first kappa shape index (κ1) is 14.8. The third-order valence-corrected chi connectivity index (χ3v) is 3.32. The van der Waals surface area contributed by atoms with Gasteiger partial charge in [0.2, 0.25) is 5.76 Å². The average Bonchev–Trinajstić information content (AvgIpc) is 2.85. The van der Waals surface area contributed by atoms with E-state index in [0.29, 0.717) is 27.1 Å². The van der Waals surface area contributed by atoms with Gasteiger partial charge in [-0.2, -0.15) is 0 Å². The lowest BCUT2D eigenvalue weighted by Gasteiger charge is -2.09. The van der Waals surface area contributed by atoms with Crippen LogP contribution in [0.1, 0.15) is 10.6 Å². The van der Waals surface area contributed by atoms with Gasteiger partial charge in [-0.3, -0.25) is 0 Å². The van der Waals surface area contributed by atoms with Crippen LogP contribution in [0.2, 0.25) is 10.0 Å². The fourth-order valence-electron chi connectivity index (χ4n) is 1.77. The Labute approximate surface area is 126 Å². The van der Waals surface area contributed by atoms with Crippen LogP contribution in [0.5, 0.6) is 0 Å². The maximum absolute atomic E-state index is 11.7. The van der Waals surface area contributed by atoms with Gasteiger partial charge in [0.25, 0.3) is 0 Å². The number of hydrogen-bond acceptors (Lipinski definition) is 4. The molecule has 106 valence electrons. The molecule has 0 aliphatic carbocycles. The third kappa shape index (κ3) is 2.76. The molecule has 1 aromatic carbocycles. The average molecular weight is 314 g/mol. The second-order valence-electron chi connectivity index (χ2n) is 4.34. The molecule has 0 radical (unpaired) electrons. The van der Waals surface area contributed by atoms with E-state index in [9.17, 15) is 4.79 Å². The molecule has 2 aromatic rings. The number of methoxy groups -OCH3 is 1. The van der Waals surface area contributed by atoms with Crippen molar-refractivity contribution < 1.29 is 13.9 Å². The number of esters is 1. The van der Waals surface area contributed by atoms with Crippen molar-refractivity contribution in [3.05, 3.63) is 40.1 Å². The predicted octanol–water partition coefficient (Wildman–Crippen LogP) is 4.11. The van der Waals surface area contributed by atoms with Crippen LogP contribution in [0, 0.1) is 0 Å². The van der Waals surface area contributed by atoms with E-state index in [0.717, 1.165) is 0 Å². The van der Waals surface area contributed by atoms with Crippen LogP contribution in [0.4, 0.5) is 5.69 Å². The van der Waals surface area contributed by atoms with Crippen LogP contribution < -0.4 is 4.90 Å². The Morgan fingerprint density at radius 1 is 1.25 bits per heavy atom. The highest BCUT2D eigenvalue weighted by molar-refractivity contribution is 6.35. The normalized spacial score (nSPS) is 10.4. The second kappa shape index (κ2) is 5.77. The molecule has 4 nitrogen and oxygen atoms in total. The Bertz CT molecular complexity index is 650. The molecule has 0 aliphatic heterocycles. The van der Waals surface area contributed by atoms with E-state index < -0.39 is 5.97 Å². The Kier molecular flexibility index (Phi) is 4.26. The van der Waals surface area contributed by atoms with Crippen molar-refractivity contribution in [2.75, 3.05) is 26.1 Å².